The minimum absolute atomic E-state index is 0.0232. The summed E-state index contributed by atoms with van der Waals surface area (Å²) in [4.78, 5) is 28.8. The van der Waals surface area contributed by atoms with Gasteiger partial charge < -0.3 is 10.1 Å². The molecule has 0 unspecified atom stereocenters. The normalized spacial score (nSPS) is 19.4. The van der Waals surface area contributed by atoms with Gasteiger partial charge in [0.15, 0.2) is 0 Å². The number of hydrogen-bond acceptors (Lipinski definition) is 5. The molecule has 2 aromatic carbocycles. The zero-order valence-corrected chi connectivity index (χ0v) is 25.4. The van der Waals surface area contributed by atoms with E-state index < -0.39 is 0 Å². The fourth-order valence-corrected chi connectivity index (χ4v) is 6.76. The standard InChI is InChI=1S/C31H37ClN4O3S/c1-19-9-6-13-24(20(19)2)36-30-27(29(34-36)31(3,4)5)28(21-10-7-11-22(32)15-21)40-18-26(38)35(30)17-25(37)33-16-23-12-8-14-39-23/h6-7,9-11,13,15,23,28H,8,12,14,16-18H2,1-5H3,(H,33,37)/t23-,28+/m1/s1. The highest BCUT2D eigenvalue weighted by Crippen LogP contribution is 2.48. The van der Waals surface area contributed by atoms with E-state index in [0.717, 1.165) is 53.1 Å². The smallest absolute Gasteiger partial charge is 0.240 e. The molecule has 212 valence electrons. The number of halogens is 1. The topological polar surface area (TPSA) is 76.5 Å². The predicted molar refractivity (Wildman–Crippen MR) is 162 cm³/mol. The molecule has 5 rings (SSSR count). The van der Waals surface area contributed by atoms with Gasteiger partial charge in [-0.25, -0.2) is 4.68 Å². The summed E-state index contributed by atoms with van der Waals surface area (Å²) >= 11 is 8.00. The third-order valence-electron chi connectivity index (χ3n) is 7.61. The Labute approximate surface area is 245 Å². The van der Waals surface area contributed by atoms with Crippen LogP contribution in [0.25, 0.3) is 5.69 Å². The third-order valence-corrected chi connectivity index (χ3v) is 9.10. The maximum atomic E-state index is 13.8. The van der Waals surface area contributed by atoms with Crippen molar-refractivity contribution in [2.24, 2.45) is 0 Å². The summed E-state index contributed by atoms with van der Waals surface area (Å²) in [6.45, 7) is 11.6. The van der Waals surface area contributed by atoms with Gasteiger partial charge in [0.05, 0.1) is 28.5 Å². The highest BCUT2D eigenvalue weighted by Gasteiger charge is 2.40. The van der Waals surface area contributed by atoms with Crippen LogP contribution in [-0.2, 0) is 19.7 Å². The van der Waals surface area contributed by atoms with Gasteiger partial charge in [-0.15, -0.1) is 11.8 Å². The van der Waals surface area contributed by atoms with Crippen LogP contribution in [0.2, 0.25) is 5.02 Å². The van der Waals surface area contributed by atoms with E-state index in [0.29, 0.717) is 17.4 Å². The predicted octanol–water partition coefficient (Wildman–Crippen LogP) is 5.90. The molecule has 0 spiro atoms. The van der Waals surface area contributed by atoms with Crippen LogP contribution >= 0.6 is 23.4 Å². The summed E-state index contributed by atoms with van der Waals surface area (Å²) in [7, 11) is 0. The van der Waals surface area contributed by atoms with Crippen molar-refractivity contribution in [3.05, 3.63) is 75.4 Å². The highest BCUT2D eigenvalue weighted by molar-refractivity contribution is 8.00. The van der Waals surface area contributed by atoms with Crippen molar-refractivity contribution >= 4 is 41.0 Å². The van der Waals surface area contributed by atoms with E-state index >= 15 is 0 Å². The molecule has 2 aliphatic rings. The van der Waals surface area contributed by atoms with Gasteiger partial charge in [-0.3, -0.25) is 14.5 Å². The molecule has 2 amide bonds. The average molecular weight is 581 g/mol. The summed E-state index contributed by atoms with van der Waals surface area (Å²) in [5, 5.41) is 8.65. The molecule has 0 bridgehead atoms. The Morgan fingerprint density at radius 2 is 1.98 bits per heavy atom. The minimum atomic E-state index is -0.328. The van der Waals surface area contributed by atoms with Gasteiger partial charge in [-0.1, -0.05) is 56.6 Å². The van der Waals surface area contributed by atoms with Crippen LogP contribution in [0.4, 0.5) is 5.82 Å². The van der Waals surface area contributed by atoms with Crippen molar-refractivity contribution in [3.8, 4) is 5.69 Å². The Balaban J connectivity index is 1.68. The van der Waals surface area contributed by atoms with Gasteiger partial charge in [-0.2, -0.15) is 5.10 Å². The fraction of sp³-hybridized carbons (Fsp3) is 0.452. The number of hydrogen-bond donors (Lipinski definition) is 1. The minimum Gasteiger partial charge on any atom is -0.376 e. The molecule has 9 heteroatoms. The van der Waals surface area contributed by atoms with Crippen LogP contribution in [0.3, 0.4) is 0 Å². The maximum Gasteiger partial charge on any atom is 0.240 e. The highest BCUT2D eigenvalue weighted by atomic mass is 35.5. The van der Waals surface area contributed by atoms with Gasteiger partial charge in [0, 0.05) is 29.2 Å². The lowest BCUT2D eigenvalue weighted by Gasteiger charge is -2.25. The molecular formula is C31H37ClN4O3S. The molecule has 2 aliphatic heterocycles. The van der Waals surface area contributed by atoms with Crippen molar-refractivity contribution < 1.29 is 14.3 Å². The zero-order chi connectivity index (χ0) is 28.6. The van der Waals surface area contributed by atoms with Crippen LogP contribution in [-0.4, -0.2) is 53.1 Å². The summed E-state index contributed by atoms with van der Waals surface area (Å²) in [6, 6.07) is 13.9. The monoisotopic (exact) mass is 580 g/mol. The largest absolute Gasteiger partial charge is 0.376 e. The third kappa shape index (κ3) is 5.80. The number of anilines is 1. The van der Waals surface area contributed by atoms with E-state index in [2.05, 4.69) is 46.0 Å². The van der Waals surface area contributed by atoms with Crippen molar-refractivity contribution in [3.63, 3.8) is 0 Å². The first-order valence-electron chi connectivity index (χ1n) is 13.8. The average Bonchev–Trinajstić information content (AvgIpc) is 3.53. The van der Waals surface area contributed by atoms with Gasteiger partial charge in [0.2, 0.25) is 11.8 Å². The number of amides is 2. The van der Waals surface area contributed by atoms with Crippen molar-refractivity contribution in [2.75, 3.05) is 30.3 Å². The first kappa shape index (κ1) is 28.7. The van der Waals surface area contributed by atoms with Crippen LogP contribution in [0.15, 0.2) is 42.5 Å². The zero-order valence-electron chi connectivity index (χ0n) is 23.8. The number of rotatable bonds is 6. The molecule has 7 nitrogen and oxygen atoms in total. The Morgan fingerprint density at radius 1 is 1.20 bits per heavy atom. The quantitative estimate of drug-likeness (QED) is 0.392. The van der Waals surface area contributed by atoms with Crippen LogP contribution in [0.5, 0.6) is 0 Å². The number of aryl methyl sites for hydroxylation is 1. The number of nitrogens with one attached hydrogen (secondary N) is 1. The molecule has 3 aromatic rings. The van der Waals surface area contributed by atoms with E-state index in [9.17, 15) is 9.59 Å². The van der Waals surface area contributed by atoms with Crippen molar-refractivity contribution in [1.82, 2.24) is 15.1 Å². The summed E-state index contributed by atoms with van der Waals surface area (Å²) in [5.41, 5.74) is 5.59. The number of fused-ring (bicyclic) bond motifs is 1. The Hall–Kier alpha value is -2.81. The maximum absolute atomic E-state index is 13.8. The number of carbonyl (C=O) groups excluding carboxylic acids is 2. The molecular weight excluding hydrogens is 544 g/mol. The number of benzene rings is 2. The first-order chi connectivity index (χ1) is 19.0. The summed E-state index contributed by atoms with van der Waals surface area (Å²) in [5.74, 6) is 0.522. The molecule has 2 atom stereocenters. The number of ether oxygens (including phenoxy) is 1. The van der Waals surface area contributed by atoms with Crippen LogP contribution < -0.4 is 10.2 Å². The molecule has 0 radical (unpaired) electrons. The molecule has 1 N–H and O–H groups in total. The number of carbonyl (C=O) groups is 2. The molecule has 40 heavy (non-hydrogen) atoms. The van der Waals surface area contributed by atoms with E-state index in [1.165, 1.54) is 0 Å². The number of aromatic nitrogens is 2. The Morgan fingerprint density at radius 3 is 2.67 bits per heavy atom. The van der Waals surface area contributed by atoms with E-state index in [-0.39, 0.29) is 40.9 Å². The lowest BCUT2D eigenvalue weighted by atomic mass is 9.87. The fourth-order valence-electron chi connectivity index (χ4n) is 5.37. The van der Waals surface area contributed by atoms with Crippen LogP contribution in [0, 0.1) is 13.8 Å². The lowest BCUT2D eigenvalue weighted by Crippen LogP contribution is -2.44. The van der Waals surface area contributed by atoms with Gasteiger partial charge in [-0.05, 0) is 61.6 Å². The molecule has 0 saturated carbocycles. The second-order valence-corrected chi connectivity index (χ2v) is 13.2. The van der Waals surface area contributed by atoms with E-state index in [1.807, 2.05) is 41.1 Å². The Kier molecular flexibility index (Phi) is 8.32. The summed E-state index contributed by atoms with van der Waals surface area (Å²) < 4.78 is 7.56. The van der Waals surface area contributed by atoms with Gasteiger partial charge in [0.25, 0.3) is 0 Å². The molecule has 1 fully saturated rings. The van der Waals surface area contributed by atoms with Crippen molar-refractivity contribution in [2.45, 2.75) is 64.2 Å². The molecule has 3 heterocycles. The summed E-state index contributed by atoms with van der Waals surface area (Å²) in [6.07, 6.45) is 1.95. The molecule has 1 saturated heterocycles. The number of thioether (sulfide) groups is 1. The number of nitrogens with zero attached hydrogens (tertiary/aromatic N) is 3. The van der Waals surface area contributed by atoms with E-state index in [4.69, 9.17) is 21.4 Å². The first-order valence-corrected chi connectivity index (χ1v) is 15.2. The van der Waals surface area contributed by atoms with Crippen LogP contribution in [0.1, 0.15) is 66.8 Å². The second kappa shape index (κ2) is 11.6. The molecule has 0 aliphatic carbocycles. The van der Waals surface area contributed by atoms with Crippen molar-refractivity contribution in [1.29, 1.82) is 0 Å². The lowest BCUT2D eigenvalue weighted by molar-refractivity contribution is -0.123. The van der Waals surface area contributed by atoms with E-state index in [1.54, 1.807) is 16.7 Å². The molecule has 1 aromatic heterocycles. The van der Waals surface area contributed by atoms with Gasteiger partial charge in [0.1, 0.15) is 12.4 Å². The van der Waals surface area contributed by atoms with Gasteiger partial charge >= 0.3 is 0 Å². The Bertz CT molecular complexity index is 1420. The SMILES string of the molecule is Cc1cccc(-n2nc(C(C)(C)C)c3c2N(CC(=O)NC[C@H]2CCCO2)C(=O)CS[C@H]3c2cccc(Cl)c2)c1C. The second-order valence-electron chi connectivity index (χ2n) is 11.6.